The summed E-state index contributed by atoms with van der Waals surface area (Å²) in [7, 11) is 0. The first-order valence-corrected chi connectivity index (χ1v) is 8.82. The van der Waals surface area contributed by atoms with Crippen molar-refractivity contribution < 1.29 is 14.7 Å². The van der Waals surface area contributed by atoms with Crippen molar-refractivity contribution in [1.82, 2.24) is 5.32 Å². The van der Waals surface area contributed by atoms with Crippen LogP contribution in [0.25, 0.3) is 22.4 Å². The minimum atomic E-state index is -1.08. The molecule has 0 spiro atoms. The van der Waals surface area contributed by atoms with Crippen LogP contribution in [0.1, 0.15) is 33.5 Å². The van der Waals surface area contributed by atoms with Gasteiger partial charge >= 0.3 is 5.97 Å². The van der Waals surface area contributed by atoms with E-state index in [-0.39, 0.29) is 11.7 Å². The molecule has 0 saturated carbocycles. The second-order valence-electron chi connectivity index (χ2n) is 6.31. The fourth-order valence-electron chi connectivity index (χ4n) is 3.66. The Labute approximate surface area is 150 Å². The van der Waals surface area contributed by atoms with Crippen LogP contribution >= 0.6 is 12.6 Å². The number of carbonyl (C=O) groups is 2. The molecule has 0 radical (unpaired) electrons. The molecule has 25 heavy (non-hydrogen) atoms. The van der Waals surface area contributed by atoms with Gasteiger partial charge in [0.15, 0.2) is 0 Å². The highest BCUT2D eigenvalue weighted by atomic mass is 32.1. The Morgan fingerprint density at radius 3 is 2.76 bits per heavy atom. The minimum Gasteiger partial charge on any atom is -0.480 e. The zero-order chi connectivity index (χ0) is 17.6. The van der Waals surface area contributed by atoms with Gasteiger partial charge in [-0.3, -0.25) is 4.79 Å². The lowest BCUT2D eigenvalue weighted by molar-refractivity contribution is -0.138. The van der Waals surface area contributed by atoms with Crippen LogP contribution in [0.15, 0.2) is 36.4 Å². The summed E-state index contributed by atoms with van der Waals surface area (Å²) in [6.07, 6.45) is 8.04. The van der Waals surface area contributed by atoms with Crippen LogP contribution in [0.5, 0.6) is 0 Å². The molecule has 0 fully saturated rings. The molecule has 2 aliphatic rings. The first-order valence-electron chi connectivity index (χ1n) is 8.19. The van der Waals surface area contributed by atoms with Gasteiger partial charge in [-0.25, -0.2) is 4.79 Å². The average molecular weight is 351 g/mol. The number of thiol groups is 1. The SMILES string of the molecule is O=C(NC(CS)C(=O)O)c1ccc2ccc3c4c2c1CC=C4CC=C3. The lowest BCUT2D eigenvalue weighted by atomic mass is 9.80. The van der Waals surface area contributed by atoms with Gasteiger partial charge in [-0.2, -0.15) is 12.6 Å². The molecule has 2 aromatic carbocycles. The van der Waals surface area contributed by atoms with Gasteiger partial charge in [-0.15, -0.1) is 0 Å². The van der Waals surface area contributed by atoms with Crippen molar-refractivity contribution in [2.45, 2.75) is 18.9 Å². The van der Waals surface area contributed by atoms with Gasteiger partial charge in [0.1, 0.15) is 6.04 Å². The fraction of sp³-hybridized carbons (Fsp3) is 0.200. The van der Waals surface area contributed by atoms with E-state index in [0.29, 0.717) is 12.0 Å². The Morgan fingerprint density at radius 1 is 1.20 bits per heavy atom. The van der Waals surface area contributed by atoms with Crippen LogP contribution in [0, 0.1) is 0 Å². The van der Waals surface area contributed by atoms with Crippen LogP contribution in [0.3, 0.4) is 0 Å². The van der Waals surface area contributed by atoms with E-state index >= 15 is 0 Å². The second kappa shape index (κ2) is 6.08. The Morgan fingerprint density at radius 2 is 2.00 bits per heavy atom. The molecule has 0 saturated heterocycles. The molecule has 4 rings (SSSR count). The number of hydrogen-bond donors (Lipinski definition) is 3. The number of carbonyl (C=O) groups excluding carboxylic acids is 1. The molecule has 2 aliphatic carbocycles. The van der Waals surface area contributed by atoms with Crippen molar-refractivity contribution in [3.8, 4) is 0 Å². The molecule has 0 heterocycles. The van der Waals surface area contributed by atoms with Gasteiger partial charge in [-0.05, 0) is 51.9 Å². The summed E-state index contributed by atoms with van der Waals surface area (Å²) in [6.45, 7) is 0. The molecule has 0 bridgehead atoms. The van der Waals surface area contributed by atoms with Gasteiger partial charge in [0.25, 0.3) is 5.91 Å². The number of rotatable bonds is 4. The van der Waals surface area contributed by atoms with Crippen molar-refractivity contribution in [2.75, 3.05) is 5.75 Å². The van der Waals surface area contributed by atoms with Crippen molar-refractivity contribution in [3.05, 3.63) is 58.7 Å². The molecule has 4 nitrogen and oxygen atoms in total. The van der Waals surface area contributed by atoms with Crippen LogP contribution in [0.4, 0.5) is 0 Å². The van der Waals surface area contributed by atoms with Gasteiger partial charge in [-0.1, -0.05) is 36.4 Å². The molecule has 5 heteroatoms. The van der Waals surface area contributed by atoms with Crippen molar-refractivity contribution in [1.29, 1.82) is 0 Å². The third-order valence-corrected chi connectivity index (χ3v) is 5.23. The highest BCUT2D eigenvalue weighted by Gasteiger charge is 2.25. The van der Waals surface area contributed by atoms with E-state index in [9.17, 15) is 9.59 Å². The number of amides is 1. The van der Waals surface area contributed by atoms with E-state index in [0.717, 1.165) is 22.8 Å². The first kappa shape index (κ1) is 16.0. The quantitative estimate of drug-likeness (QED) is 0.741. The predicted octanol–water partition coefficient (Wildman–Crippen LogP) is 3.31. The normalized spacial score (nSPS) is 15.6. The number of nitrogens with one attached hydrogen (secondary N) is 1. The number of carboxylic acids is 1. The topological polar surface area (TPSA) is 66.4 Å². The standard InChI is InChI=1S/C20H17NO3S/c22-19(21-16(10-25)20(23)24)15-9-7-13-5-4-11-2-1-3-12-6-8-14(15)18(13)17(11)12/h1-2,4-7,9,16,25H,3,8,10H2,(H,21,22)(H,23,24). The zero-order valence-electron chi connectivity index (χ0n) is 13.5. The van der Waals surface area contributed by atoms with Crippen molar-refractivity contribution in [2.24, 2.45) is 0 Å². The Hall–Kier alpha value is -2.53. The molecular formula is C20H17NO3S. The Bertz CT molecular complexity index is 975. The van der Waals surface area contributed by atoms with Gasteiger partial charge in [0, 0.05) is 11.3 Å². The summed E-state index contributed by atoms with van der Waals surface area (Å²) in [4.78, 5) is 23.9. The lowest BCUT2D eigenvalue weighted by Crippen LogP contribution is -2.42. The predicted molar refractivity (Wildman–Crippen MR) is 102 cm³/mol. The van der Waals surface area contributed by atoms with Gasteiger partial charge in [0.2, 0.25) is 0 Å². The van der Waals surface area contributed by atoms with E-state index in [2.05, 4.69) is 48.3 Å². The largest absolute Gasteiger partial charge is 0.480 e. The molecule has 1 atom stereocenters. The lowest BCUT2D eigenvalue weighted by Gasteiger charge is -2.25. The number of aliphatic carboxylic acids is 1. The highest BCUT2D eigenvalue weighted by Crippen LogP contribution is 2.41. The van der Waals surface area contributed by atoms with Crippen molar-refractivity contribution in [3.63, 3.8) is 0 Å². The zero-order valence-corrected chi connectivity index (χ0v) is 14.3. The summed E-state index contributed by atoms with van der Waals surface area (Å²) in [5, 5.41) is 13.9. The summed E-state index contributed by atoms with van der Waals surface area (Å²) in [5.74, 6) is -1.39. The summed E-state index contributed by atoms with van der Waals surface area (Å²) >= 11 is 4.01. The summed E-state index contributed by atoms with van der Waals surface area (Å²) < 4.78 is 0. The van der Waals surface area contributed by atoms with E-state index in [1.54, 1.807) is 6.07 Å². The maximum absolute atomic E-state index is 12.7. The number of carboxylic acid groups (broad SMARTS) is 1. The number of allylic oxidation sites excluding steroid dienone is 3. The summed E-state index contributed by atoms with van der Waals surface area (Å²) in [5.41, 5.74) is 5.18. The molecule has 126 valence electrons. The molecule has 0 aliphatic heterocycles. The van der Waals surface area contributed by atoms with E-state index in [1.807, 2.05) is 6.07 Å². The second-order valence-corrected chi connectivity index (χ2v) is 6.67. The Kier molecular flexibility index (Phi) is 3.88. The Balaban J connectivity index is 1.85. The van der Waals surface area contributed by atoms with Crippen LogP contribution in [-0.2, 0) is 11.2 Å². The number of hydrogen-bond acceptors (Lipinski definition) is 3. The maximum atomic E-state index is 12.7. The smallest absolute Gasteiger partial charge is 0.327 e. The fourth-order valence-corrected chi connectivity index (χ4v) is 3.91. The van der Waals surface area contributed by atoms with E-state index < -0.39 is 12.0 Å². The number of benzene rings is 2. The molecule has 2 aromatic rings. The first-order chi connectivity index (χ1) is 12.1. The minimum absolute atomic E-state index is 0.0498. The highest BCUT2D eigenvalue weighted by molar-refractivity contribution is 7.80. The molecule has 1 amide bonds. The summed E-state index contributed by atoms with van der Waals surface area (Å²) in [6, 6.07) is 6.91. The molecule has 2 N–H and O–H groups in total. The van der Waals surface area contributed by atoms with Crippen molar-refractivity contribution >= 4 is 46.9 Å². The van der Waals surface area contributed by atoms with E-state index in [1.165, 1.54) is 16.7 Å². The molecule has 1 unspecified atom stereocenters. The maximum Gasteiger partial charge on any atom is 0.327 e. The third kappa shape index (κ3) is 2.55. The molecule has 0 aromatic heterocycles. The van der Waals surface area contributed by atoms with Crippen LogP contribution in [-0.4, -0.2) is 28.8 Å². The van der Waals surface area contributed by atoms with Crippen LogP contribution in [0.2, 0.25) is 0 Å². The van der Waals surface area contributed by atoms with Gasteiger partial charge < -0.3 is 10.4 Å². The third-order valence-electron chi connectivity index (χ3n) is 4.87. The van der Waals surface area contributed by atoms with Crippen LogP contribution < -0.4 is 5.32 Å². The monoisotopic (exact) mass is 351 g/mol. The average Bonchev–Trinajstić information content (AvgIpc) is 2.63. The van der Waals surface area contributed by atoms with Gasteiger partial charge in [0.05, 0.1) is 0 Å². The molecular weight excluding hydrogens is 334 g/mol. The van der Waals surface area contributed by atoms with E-state index in [4.69, 9.17) is 5.11 Å².